The first kappa shape index (κ1) is 9.90. The average Bonchev–Trinajstić information content (AvgIpc) is 2.58. The van der Waals surface area contributed by atoms with Crippen molar-refractivity contribution in [3.63, 3.8) is 0 Å². The Hall–Kier alpha value is -1.64. The number of hydrogen-bond donors (Lipinski definition) is 0. The van der Waals surface area contributed by atoms with Crippen LogP contribution in [-0.4, -0.2) is 11.9 Å². The SMILES string of the molecule is [CH]C(c1ccccc1)C1[CH]C(=O)OC1=O. The third-order valence-corrected chi connectivity index (χ3v) is 2.36. The average molecular weight is 201 g/mol. The number of esters is 2. The fourth-order valence-electron chi connectivity index (χ4n) is 1.55. The largest absolute Gasteiger partial charge is 0.393 e. The monoisotopic (exact) mass is 201 g/mol. The molecule has 1 aromatic carbocycles. The van der Waals surface area contributed by atoms with E-state index in [1.165, 1.54) is 6.42 Å². The fourth-order valence-corrected chi connectivity index (χ4v) is 1.55. The van der Waals surface area contributed by atoms with Crippen LogP contribution in [0.3, 0.4) is 0 Å². The highest BCUT2D eigenvalue weighted by Crippen LogP contribution is 2.30. The third kappa shape index (κ3) is 1.91. The second kappa shape index (κ2) is 3.85. The highest BCUT2D eigenvalue weighted by Gasteiger charge is 2.38. The molecule has 0 N–H and O–H groups in total. The van der Waals surface area contributed by atoms with Gasteiger partial charge in [0.1, 0.15) is 0 Å². The molecule has 1 aliphatic heterocycles. The van der Waals surface area contributed by atoms with Gasteiger partial charge in [-0.2, -0.15) is 0 Å². The summed E-state index contributed by atoms with van der Waals surface area (Å²) < 4.78 is 4.40. The van der Waals surface area contributed by atoms with Crippen LogP contribution in [0, 0.1) is 19.3 Å². The van der Waals surface area contributed by atoms with Crippen LogP contribution >= 0.6 is 0 Å². The molecule has 1 aliphatic rings. The first-order chi connectivity index (χ1) is 7.18. The van der Waals surface area contributed by atoms with Gasteiger partial charge in [-0.25, -0.2) is 0 Å². The Morgan fingerprint density at radius 1 is 1.20 bits per heavy atom. The minimum absolute atomic E-state index is 0.523. The Kier molecular flexibility index (Phi) is 2.54. The molecule has 2 rings (SSSR count). The van der Waals surface area contributed by atoms with E-state index in [0.717, 1.165) is 5.56 Å². The summed E-state index contributed by atoms with van der Waals surface area (Å²) in [6, 6.07) is 9.15. The summed E-state index contributed by atoms with van der Waals surface area (Å²) in [6.45, 7) is 5.87. The molecule has 75 valence electrons. The fraction of sp³-hybridized carbons (Fsp3) is 0.167. The van der Waals surface area contributed by atoms with Crippen LogP contribution in [0.4, 0.5) is 0 Å². The third-order valence-electron chi connectivity index (χ3n) is 2.36. The van der Waals surface area contributed by atoms with Crippen molar-refractivity contribution in [3.05, 3.63) is 49.2 Å². The number of rotatable bonds is 2. The number of cyclic esters (lactones) is 2. The van der Waals surface area contributed by atoms with Crippen molar-refractivity contribution in [1.82, 2.24) is 0 Å². The lowest BCUT2D eigenvalue weighted by Gasteiger charge is -2.14. The molecule has 2 unspecified atom stereocenters. The Bertz CT molecular complexity index is 383. The summed E-state index contributed by atoms with van der Waals surface area (Å²) in [5, 5.41) is 0. The van der Waals surface area contributed by atoms with E-state index in [-0.39, 0.29) is 0 Å². The molecule has 15 heavy (non-hydrogen) atoms. The van der Waals surface area contributed by atoms with E-state index >= 15 is 0 Å². The van der Waals surface area contributed by atoms with Gasteiger partial charge in [0.25, 0.3) is 0 Å². The van der Waals surface area contributed by atoms with Gasteiger partial charge < -0.3 is 4.74 Å². The Morgan fingerprint density at radius 3 is 2.40 bits per heavy atom. The van der Waals surface area contributed by atoms with Gasteiger partial charge >= 0.3 is 11.9 Å². The van der Waals surface area contributed by atoms with Crippen molar-refractivity contribution >= 4 is 11.9 Å². The molecule has 1 heterocycles. The Morgan fingerprint density at radius 2 is 1.87 bits per heavy atom. The molecule has 3 radical (unpaired) electrons. The van der Waals surface area contributed by atoms with Gasteiger partial charge in [0.2, 0.25) is 0 Å². The van der Waals surface area contributed by atoms with Crippen molar-refractivity contribution in [2.75, 3.05) is 0 Å². The van der Waals surface area contributed by atoms with Gasteiger partial charge in [0.05, 0.1) is 12.3 Å². The van der Waals surface area contributed by atoms with Crippen molar-refractivity contribution in [3.8, 4) is 0 Å². The van der Waals surface area contributed by atoms with Gasteiger partial charge in [-0.15, -0.1) is 0 Å². The summed E-state index contributed by atoms with van der Waals surface area (Å²) >= 11 is 0. The molecule has 3 heteroatoms. The summed E-state index contributed by atoms with van der Waals surface area (Å²) in [5.41, 5.74) is 0.811. The number of benzene rings is 1. The number of hydrogen-bond acceptors (Lipinski definition) is 3. The lowest BCUT2D eigenvalue weighted by Crippen LogP contribution is -2.15. The van der Waals surface area contributed by atoms with Crippen molar-refractivity contribution < 1.29 is 14.3 Å². The van der Waals surface area contributed by atoms with Gasteiger partial charge in [-0.1, -0.05) is 30.3 Å². The minimum Gasteiger partial charge on any atom is -0.393 e. The molecule has 1 saturated heterocycles. The molecular weight excluding hydrogens is 192 g/mol. The van der Waals surface area contributed by atoms with Crippen molar-refractivity contribution in [1.29, 1.82) is 0 Å². The van der Waals surface area contributed by atoms with Crippen LogP contribution in [-0.2, 0) is 14.3 Å². The molecule has 3 nitrogen and oxygen atoms in total. The lowest BCUT2D eigenvalue weighted by atomic mass is 9.87. The Balaban J connectivity index is 2.18. The van der Waals surface area contributed by atoms with Crippen molar-refractivity contribution in [2.24, 2.45) is 5.92 Å². The maximum absolute atomic E-state index is 11.2. The molecule has 0 amide bonds. The van der Waals surface area contributed by atoms with Crippen LogP contribution in [0.15, 0.2) is 30.3 Å². The second-order valence-corrected chi connectivity index (χ2v) is 3.37. The van der Waals surface area contributed by atoms with E-state index in [4.69, 9.17) is 6.92 Å². The molecule has 1 fully saturated rings. The normalized spacial score (nSPS) is 22.6. The standard InChI is InChI=1S/C12H9O3/c1-8(9-5-3-2-4-6-9)10-7-11(13)15-12(10)14/h1-8,10H. The zero-order valence-corrected chi connectivity index (χ0v) is 7.92. The zero-order chi connectivity index (χ0) is 10.8. The minimum atomic E-state index is -0.667. The molecular formula is C12H9O3. The predicted molar refractivity (Wildman–Crippen MR) is 52.4 cm³/mol. The maximum Gasteiger partial charge on any atom is 0.318 e. The molecule has 0 aliphatic carbocycles. The topological polar surface area (TPSA) is 43.4 Å². The predicted octanol–water partition coefficient (Wildman–Crippen LogP) is 1.39. The second-order valence-electron chi connectivity index (χ2n) is 3.37. The summed E-state index contributed by atoms with van der Waals surface area (Å²) in [7, 11) is 0. The first-order valence-corrected chi connectivity index (χ1v) is 4.59. The molecule has 1 aromatic rings. The van der Waals surface area contributed by atoms with E-state index < -0.39 is 23.8 Å². The summed E-state index contributed by atoms with van der Waals surface area (Å²) in [5.74, 6) is -2.38. The lowest BCUT2D eigenvalue weighted by molar-refractivity contribution is -0.152. The molecule has 0 spiro atoms. The van der Waals surface area contributed by atoms with E-state index in [2.05, 4.69) is 4.74 Å². The van der Waals surface area contributed by atoms with Crippen LogP contribution in [0.1, 0.15) is 11.5 Å². The summed E-state index contributed by atoms with van der Waals surface area (Å²) in [6.07, 6.45) is 1.22. The molecule has 2 atom stereocenters. The highest BCUT2D eigenvalue weighted by molar-refractivity contribution is 6.01. The van der Waals surface area contributed by atoms with Gasteiger partial charge in [-0.3, -0.25) is 9.59 Å². The maximum atomic E-state index is 11.2. The van der Waals surface area contributed by atoms with Gasteiger partial charge in [0.15, 0.2) is 0 Å². The van der Waals surface area contributed by atoms with Gasteiger partial charge in [0, 0.05) is 5.92 Å². The molecule has 0 saturated carbocycles. The number of carbonyl (C=O) groups is 2. The van der Waals surface area contributed by atoms with E-state index in [0.29, 0.717) is 0 Å². The van der Waals surface area contributed by atoms with Crippen LogP contribution in [0.25, 0.3) is 0 Å². The van der Waals surface area contributed by atoms with Gasteiger partial charge in [-0.05, 0) is 12.5 Å². The molecule has 0 aromatic heterocycles. The zero-order valence-electron chi connectivity index (χ0n) is 7.92. The first-order valence-electron chi connectivity index (χ1n) is 4.59. The van der Waals surface area contributed by atoms with E-state index in [1.54, 1.807) is 0 Å². The summed E-state index contributed by atoms with van der Waals surface area (Å²) in [4.78, 5) is 22.1. The van der Waals surface area contributed by atoms with Crippen molar-refractivity contribution in [2.45, 2.75) is 5.92 Å². The van der Waals surface area contributed by atoms with E-state index in [1.807, 2.05) is 30.3 Å². The van der Waals surface area contributed by atoms with Crippen LogP contribution in [0.5, 0.6) is 0 Å². The van der Waals surface area contributed by atoms with Crippen LogP contribution < -0.4 is 0 Å². The quantitative estimate of drug-likeness (QED) is 0.536. The number of ether oxygens (including phenoxy) is 1. The highest BCUT2D eigenvalue weighted by atomic mass is 16.6. The number of carbonyl (C=O) groups excluding carboxylic acids is 2. The Labute approximate surface area is 88.1 Å². The van der Waals surface area contributed by atoms with Crippen LogP contribution in [0.2, 0.25) is 0 Å². The smallest absolute Gasteiger partial charge is 0.318 e. The van der Waals surface area contributed by atoms with E-state index in [9.17, 15) is 9.59 Å². The molecule has 0 bridgehead atoms.